The lowest BCUT2D eigenvalue weighted by Gasteiger charge is -2.41. The van der Waals surface area contributed by atoms with Gasteiger partial charge in [-0.3, -0.25) is 4.79 Å². The Bertz CT molecular complexity index is 844. The van der Waals surface area contributed by atoms with Gasteiger partial charge in [0.25, 0.3) is 5.91 Å². The van der Waals surface area contributed by atoms with Gasteiger partial charge in [0.05, 0.1) is 18.4 Å². The number of ether oxygens (including phenoxy) is 1. The number of fused-ring (bicyclic) bond motifs is 1. The molecule has 6 heteroatoms. The molecule has 3 atom stereocenters. The van der Waals surface area contributed by atoms with Crippen LogP contribution in [-0.2, 0) is 5.60 Å². The van der Waals surface area contributed by atoms with Crippen molar-refractivity contribution in [3.8, 4) is 5.75 Å². The Balaban J connectivity index is 1.59. The maximum Gasteiger partial charge on any atom is 0.291 e. The van der Waals surface area contributed by atoms with E-state index in [1.54, 1.807) is 21.0 Å². The normalized spacial score (nSPS) is 27.5. The molecule has 1 aromatic heterocycles. The molecule has 1 saturated heterocycles. The molecule has 2 aromatic rings. The predicted molar refractivity (Wildman–Crippen MR) is 99.6 cm³/mol. The van der Waals surface area contributed by atoms with Gasteiger partial charge in [0, 0.05) is 25.9 Å². The van der Waals surface area contributed by atoms with Gasteiger partial charge in [0.15, 0.2) is 5.89 Å². The fraction of sp³-hybridized carbons (Fsp3) is 0.524. The van der Waals surface area contributed by atoms with Gasteiger partial charge in [-0.25, -0.2) is 4.98 Å². The molecule has 2 heterocycles. The summed E-state index contributed by atoms with van der Waals surface area (Å²) in [4.78, 5) is 19.0. The summed E-state index contributed by atoms with van der Waals surface area (Å²) in [6, 6.07) is 7.65. The molecule has 2 aliphatic rings. The van der Waals surface area contributed by atoms with Crippen LogP contribution in [0.2, 0.25) is 0 Å². The fourth-order valence-corrected chi connectivity index (χ4v) is 4.80. The highest BCUT2D eigenvalue weighted by Gasteiger charge is 2.51. The number of nitrogens with zero attached hydrogens (tertiary/aromatic N) is 2. The summed E-state index contributed by atoms with van der Waals surface area (Å²) in [5.74, 6) is 1.78. The van der Waals surface area contributed by atoms with Crippen LogP contribution in [0.5, 0.6) is 5.75 Å². The Kier molecular flexibility index (Phi) is 4.46. The lowest BCUT2D eigenvalue weighted by Crippen LogP contribution is -2.43. The number of amides is 1. The molecule has 1 amide bonds. The molecular weight excluding hydrogens is 344 g/mol. The molecule has 0 spiro atoms. The first kappa shape index (κ1) is 18.0. The van der Waals surface area contributed by atoms with E-state index in [1.165, 1.54) is 0 Å². The van der Waals surface area contributed by atoms with Gasteiger partial charge >= 0.3 is 0 Å². The third-order valence-corrected chi connectivity index (χ3v) is 6.16. The minimum absolute atomic E-state index is 0.0212. The van der Waals surface area contributed by atoms with Gasteiger partial charge in [0.1, 0.15) is 5.75 Å². The molecule has 6 nitrogen and oxygen atoms in total. The first-order valence-corrected chi connectivity index (χ1v) is 9.52. The number of methoxy groups -OCH3 is 1. The van der Waals surface area contributed by atoms with Crippen molar-refractivity contribution in [1.29, 1.82) is 0 Å². The predicted octanol–water partition coefficient (Wildman–Crippen LogP) is 3.06. The first-order valence-electron chi connectivity index (χ1n) is 9.52. The van der Waals surface area contributed by atoms with Gasteiger partial charge in [-0.05, 0) is 49.8 Å². The standard InChI is InChI=1S/C21H26N2O4/c1-13-19(27-14(2)22-13)20(24)23-11-15-5-4-10-21(25,18(15)12-23)16-6-8-17(26-3)9-7-16/h6-9,15,18,25H,4-5,10-12H2,1-3H3. The maximum absolute atomic E-state index is 12.9. The highest BCUT2D eigenvalue weighted by Crippen LogP contribution is 2.48. The zero-order valence-electron chi connectivity index (χ0n) is 16.1. The molecule has 1 N–H and O–H groups in total. The molecule has 4 rings (SSSR count). The number of hydrogen-bond donors (Lipinski definition) is 1. The molecule has 27 heavy (non-hydrogen) atoms. The molecule has 1 aliphatic carbocycles. The summed E-state index contributed by atoms with van der Waals surface area (Å²) >= 11 is 0. The van der Waals surface area contributed by atoms with Gasteiger partial charge in [-0.15, -0.1) is 0 Å². The number of rotatable bonds is 3. The van der Waals surface area contributed by atoms with E-state index in [0.717, 1.165) is 24.2 Å². The van der Waals surface area contributed by atoms with Crippen molar-refractivity contribution in [3.63, 3.8) is 0 Å². The number of carbonyl (C=O) groups is 1. The van der Waals surface area contributed by atoms with E-state index >= 15 is 0 Å². The van der Waals surface area contributed by atoms with E-state index < -0.39 is 5.60 Å². The van der Waals surface area contributed by atoms with E-state index in [0.29, 0.717) is 42.8 Å². The fourth-order valence-electron chi connectivity index (χ4n) is 4.80. The van der Waals surface area contributed by atoms with Crippen molar-refractivity contribution >= 4 is 5.91 Å². The van der Waals surface area contributed by atoms with Gasteiger partial charge < -0.3 is 19.2 Å². The molecule has 3 unspecified atom stereocenters. The number of oxazole rings is 1. The number of likely N-dealkylation sites (tertiary alicyclic amines) is 1. The number of aliphatic hydroxyl groups is 1. The third-order valence-electron chi connectivity index (χ3n) is 6.16. The number of aryl methyl sites for hydroxylation is 2. The molecular formula is C21H26N2O4. The van der Waals surface area contributed by atoms with Crippen molar-refractivity contribution in [1.82, 2.24) is 9.88 Å². The summed E-state index contributed by atoms with van der Waals surface area (Å²) in [5.41, 5.74) is 0.605. The minimum atomic E-state index is -0.920. The first-order chi connectivity index (χ1) is 12.9. The van der Waals surface area contributed by atoms with E-state index in [4.69, 9.17) is 9.15 Å². The van der Waals surface area contributed by atoms with Crippen molar-refractivity contribution < 1.29 is 19.1 Å². The zero-order chi connectivity index (χ0) is 19.2. The van der Waals surface area contributed by atoms with Crippen molar-refractivity contribution in [3.05, 3.63) is 47.2 Å². The average Bonchev–Trinajstić information content (AvgIpc) is 3.25. The molecule has 144 valence electrons. The Morgan fingerprint density at radius 1 is 1.30 bits per heavy atom. The van der Waals surface area contributed by atoms with Crippen LogP contribution in [0.25, 0.3) is 0 Å². The zero-order valence-corrected chi connectivity index (χ0v) is 16.1. The Labute approximate surface area is 159 Å². The molecule has 1 aliphatic heterocycles. The van der Waals surface area contributed by atoms with E-state index in [2.05, 4.69) is 4.98 Å². The van der Waals surface area contributed by atoms with E-state index in [1.807, 2.05) is 29.2 Å². The van der Waals surface area contributed by atoms with Crippen molar-refractivity contribution in [2.75, 3.05) is 20.2 Å². The minimum Gasteiger partial charge on any atom is -0.497 e. The molecule has 2 fully saturated rings. The lowest BCUT2D eigenvalue weighted by molar-refractivity contribution is -0.0644. The summed E-state index contributed by atoms with van der Waals surface area (Å²) < 4.78 is 10.8. The van der Waals surface area contributed by atoms with Crippen LogP contribution in [0.15, 0.2) is 28.7 Å². The number of hydrogen-bond acceptors (Lipinski definition) is 5. The van der Waals surface area contributed by atoms with Crippen LogP contribution in [0.4, 0.5) is 0 Å². The Morgan fingerprint density at radius 2 is 2.04 bits per heavy atom. The van der Waals surface area contributed by atoms with E-state index in [-0.39, 0.29) is 11.8 Å². The third kappa shape index (κ3) is 3.02. The molecule has 0 bridgehead atoms. The SMILES string of the molecule is COc1ccc(C2(O)CCCC3CN(C(=O)c4oc(C)nc4C)CC32)cc1. The average molecular weight is 370 g/mol. The monoisotopic (exact) mass is 370 g/mol. The molecule has 0 radical (unpaired) electrons. The lowest BCUT2D eigenvalue weighted by atomic mass is 9.67. The Hall–Kier alpha value is -2.34. The summed E-state index contributed by atoms with van der Waals surface area (Å²) in [5, 5.41) is 11.6. The smallest absolute Gasteiger partial charge is 0.291 e. The molecule has 1 saturated carbocycles. The van der Waals surface area contributed by atoms with Crippen LogP contribution < -0.4 is 4.74 Å². The highest BCUT2D eigenvalue weighted by atomic mass is 16.5. The van der Waals surface area contributed by atoms with Crippen LogP contribution in [0.1, 0.15) is 47.0 Å². The maximum atomic E-state index is 12.9. The number of benzene rings is 1. The van der Waals surface area contributed by atoms with Crippen LogP contribution in [-0.4, -0.2) is 41.1 Å². The van der Waals surface area contributed by atoms with Crippen LogP contribution >= 0.6 is 0 Å². The van der Waals surface area contributed by atoms with Gasteiger partial charge in [-0.2, -0.15) is 0 Å². The van der Waals surface area contributed by atoms with Crippen LogP contribution in [0, 0.1) is 25.7 Å². The highest BCUT2D eigenvalue weighted by molar-refractivity contribution is 5.92. The van der Waals surface area contributed by atoms with Gasteiger partial charge in [0.2, 0.25) is 5.76 Å². The second-order valence-electron chi connectivity index (χ2n) is 7.77. The summed E-state index contributed by atoms with van der Waals surface area (Å²) in [6.45, 7) is 4.73. The Morgan fingerprint density at radius 3 is 2.67 bits per heavy atom. The van der Waals surface area contributed by atoms with Crippen molar-refractivity contribution in [2.45, 2.75) is 38.7 Å². The number of carbonyl (C=O) groups excluding carboxylic acids is 1. The summed E-state index contributed by atoms with van der Waals surface area (Å²) in [6.07, 6.45) is 2.69. The summed E-state index contributed by atoms with van der Waals surface area (Å²) in [7, 11) is 1.63. The van der Waals surface area contributed by atoms with Crippen LogP contribution in [0.3, 0.4) is 0 Å². The number of aromatic nitrogens is 1. The quantitative estimate of drug-likeness (QED) is 0.899. The second kappa shape index (κ2) is 6.68. The molecule has 1 aromatic carbocycles. The van der Waals surface area contributed by atoms with Crippen molar-refractivity contribution in [2.24, 2.45) is 11.8 Å². The topological polar surface area (TPSA) is 75.8 Å². The van der Waals surface area contributed by atoms with Gasteiger partial charge in [-0.1, -0.05) is 12.1 Å². The second-order valence-corrected chi connectivity index (χ2v) is 7.77. The van der Waals surface area contributed by atoms with E-state index in [9.17, 15) is 9.90 Å². The largest absolute Gasteiger partial charge is 0.497 e.